The molecule has 3 N–H and O–H groups in total. The fraction of sp³-hybridized carbons (Fsp3) is 0.250. The summed E-state index contributed by atoms with van der Waals surface area (Å²) in [6.45, 7) is 0. The van der Waals surface area contributed by atoms with Crippen molar-refractivity contribution in [2.75, 3.05) is 5.73 Å². The standard InChI is InChI=1S/C12H13N5S/c13-12-15-8(7-18-12)3-1-5-10-16-9-4-2-6-14-11(9)17-10/h2,4,6-7H,1,3,5H2,(H2,13,15)(H,14,16,17). The quantitative estimate of drug-likeness (QED) is 0.752. The molecule has 18 heavy (non-hydrogen) atoms. The van der Waals surface area contributed by atoms with Crippen LogP contribution in [-0.2, 0) is 12.8 Å². The molecule has 92 valence electrons. The number of aryl methyl sites for hydroxylation is 2. The third kappa shape index (κ3) is 2.33. The Bertz CT molecular complexity index is 624. The van der Waals surface area contributed by atoms with E-state index in [1.54, 1.807) is 6.20 Å². The van der Waals surface area contributed by atoms with Gasteiger partial charge < -0.3 is 10.7 Å². The summed E-state index contributed by atoms with van der Waals surface area (Å²) < 4.78 is 0. The summed E-state index contributed by atoms with van der Waals surface area (Å²) in [6, 6.07) is 3.89. The van der Waals surface area contributed by atoms with Crippen LogP contribution in [0.4, 0.5) is 5.13 Å². The van der Waals surface area contributed by atoms with Crippen LogP contribution in [0.25, 0.3) is 11.2 Å². The van der Waals surface area contributed by atoms with Gasteiger partial charge in [-0.25, -0.2) is 15.0 Å². The molecule has 0 spiro atoms. The number of imidazole rings is 1. The number of nitrogens with one attached hydrogen (secondary N) is 1. The highest BCUT2D eigenvalue weighted by molar-refractivity contribution is 7.13. The van der Waals surface area contributed by atoms with Gasteiger partial charge in [-0.1, -0.05) is 0 Å². The van der Waals surface area contributed by atoms with Gasteiger partial charge in [0.1, 0.15) is 5.82 Å². The molecular formula is C12H13N5S. The maximum Gasteiger partial charge on any atom is 0.180 e. The van der Waals surface area contributed by atoms with Crippen LogP contribution in [-0.4, -0.2) is 19.9 Å². The molecule has 0 aliphatic carbocycles. The van der Waals surface area contributed by atoms with E-state index in [9.17, 15) is 0 Å². The number of thiazole rings is 1. The zero-order chi connectivity index (χ0) is 12.4. The van der Waals surface area contributed by atoms with Gasteiger partial charge in [-0.3, -0.25) is 0 Å². The fourth-order valence-corrected chi connectivity index (χ4v) is 2.48. The van der Waals surface area contributed by atoms with Crippen molar-refractivity contribution < 1.29 is 0 Å². The second-order valence-electron chi connectivity index (χ2n) is 4.09. The number of H-pyrrole nitrogens is 1. The smallest absolute Gasteiger partial charge is 0.180 e. The van der Waals surface area contributed by atoms with Crippen molar-refractivity contribution in [3.05, 3.63) is 35.2 Å². The van der Waals surface area contributed by atoms with Gasteiger partial charge in [-0.15, -0.1) is 11.3 Å². The molecule has 0 aromatic carbocycles. The number of pyridine rings is 1. The van der Waals surface area contributed by atoms with Crippen LogP contribution in [0.1, 0.15) is 17.9 Å². The molecule has 0 amide bonds. The van der Waals surface area contributed by atoms with E-state index in [1.165, 1.54) is 11.3 Å². The molecule has 0 atom stereocenters. The highest BCUT2D eigenvalue weighted by Crippen LogP contribution is 2.14. The minimum absolute atomic E-state index is 0.637. The van der Waals surface area contributed by atoms with Crippen LogP contribution in [0, 0.1) is 0 Å². The lowest BCUT2D eigenvalue weighted by atomic mass is 10.2. The van der Waals surface area contributed by atoms with Crippen molar-refractivity contribution in [3.8, 4) is 0 Å². The third-order valence-corrected chi connectivity index (χ3v) is 3.45. The maximum atomic E-state index is 5.59. The fourth-order valence-electron chi connectivity index (χ4n) is 1.89. The molecule has 6 heteroatoms. The first-order valence-electron chi connectivity index (χ1n) is 5.81. The molecule has 3 heterocycles. The van der Waals surface area contributed by atoms with Crippen molar-refractivity contribution in [3.63, 3.8) is 0 Å². The van der Waals surface area contributed by atoms with Gasteiger partial charge in [0, 0.05) is 18.0 Å². The molecule has 0 unspecified atom stereocenters. The monoisotopic (exact) mass is 259 g/mol. The largest absolute Gasteiger partial charge is 0.375 e. The van der Waals surface area contributed by atoms with Crippen LogP contribution in [0.2, 0.25) is 0 Å². The van der Waals surface area contributed by atoms with Crippen molar-refractivity contribution in [2.45, 2.75) is 19.3 Å². The molecule has 0 saturated carbocycles. The Morgan fingerprint density at radius 1 is 1.28 bits per heavy atom. The second-order valence-corrected chi connectivity index (χ2v) is 4.98. The molecular weight excluding hydrogens is 246 g/mol. The zero-order valence-electron chi connectivity index (χ0n) is 9.76. The number of aromatic amines is 1. The van der Waals surface area contributed by atoms with Crippen molar-refractivity contribution in [1.29, 1.82) is 0 Å². The molecule has 5 nitrogen and oxygen atoms in total. The Hall–Kier alpha value is -1.95. The predicted molar refractivity (Wildman–Crippen MR) is 72.4 cm³/mol. The summed E-state index contributed by atoms with van der Waals surface area (Å²) in [6.07, 6.45) is 4.58. The summed E-state index contributed by atoms with van der Waals surface area (Å²) in [5.41, 5.74) is 8.43. The van der Waals surface area contributed by atoms with Crippen LogP contribution in [0.15, 0.2) is 23.7 Å². The van der Waals surface area contributed by atoms with Gasteiger partial charge in [-0.2, -0.15) is 0 Å². The van der Waals surface area contributed by atoms with Crippen LogP contribution in [0.5, 0.6) is 0 Å². The van der Waals surface area contributed by atoms with E-state index in [-0.39, 0.29) is 0 Å². The van der Waals surface area contributed by atoms with E-state index < -0.39 is 0 Å². The zero-order valence-corrected chi connectivity index (χ0v) is 10.6. The van der Waals surface area contributed by atoms with E-state index in [1.807, 2.05) is 17.5 Å². The predicted octanol–water partition coefficient (Wildman–Crippen LogP) is 2.17. The molecule has 0 aliphatic heterocycles. The van der Waals surface area contributed by atoms with Crippen LogP contribution < -0.4 is 5.73 Å². The summed E-state index contributed by atoms with van der Waals surface area (Å²) >= 11 is 1.49. The van der Waals surface area contributed by atoms with Gasteiger partial charge in [0.15, 0.2) is 10.8 Å². The van der Waals surface area contributed by atoms with Crippen molar-refractivity contribution in [2.24, 2.45) is 0 Å². The van der Waals surface area contributed by atoms with Crippen LogP contribution >= 0.6 is 11.3 Å². The normalized spacial score (nSPS) is 11.1. The minimum Gasteiger partial charge on any atom is -0.375 e. The first-order chi connectivity index (χ1) is 8.81. The molecule has 3 aromatic rings. The number of aromatic nitrogens is 4. The molecule has 0 bridgehead atoms. The molecule has 3 aromatic heterocycles. The Morgan fingerprint density at radius 2 is 2.22 bits per heavy atom. The Kier molecular flexibility index (Phi) is 2.93. The van der Waals surface area contributed by atoms with Gasteiger partial charge >= 0.3 is 0 Å². The topological polar surface area (TPSA) is 80.5 Å². The first-order valence-corrected chi connectivity index (χ1v) is 6.69. The van der Waals surface area contributed by atoms with E-state index in [0.717, 1.165) is 41.9 Å². The lowest BCUT2D eigenvalue weighted by Gasteiger charge is -1.95. The Morgan fingerprint density at radius 3 is 3.00 bits per heavy atom. The third-order valence-electron chi connectivity index (χ3n) is 2.72. The Labute approximate surface area is 108 Å². The lowest BCUT2D eigenvalue weighted by Crippen LogP contribution is -1.93. The highest BCUT2D eigenvalue weighted by Gasteiger charge is 2.04. The number of nitrogens with two attached hydrogens (primary N) is 1. The van der Waals surface area contributed by atoms with Crippen LogP contribution in [0.3, 0.4) is 0 Å². The van der Waals surface area contributed by atoms with Gasteiger partial charge in [0.25, 0.3) is 0 Å². The average Bonchev–Trinajstić information content (AvgIpc) is 2.95. The van der Waals surface area contributed by atoms with E-state index in [4.69, 9.17) is 5.73 Å². The first kappa shape index (κ1) is 11.2. The number of hydrogen-bond acceptors (Lipinski definition) is 5. The van der Waals surface area contributed by atoms with Crippen molar-refractivity contribution >= 4 is 27.6 Å². The molecule has 0 radical (unpaired) electrons. The minimum atomic E-state index is 0.637. The Balaban J connectivity index is 1.62. The average molecular weight is 259 g/mol. The van der Waals surface area contributed by atoms with Crippen molar-refractivity contribution in [1.82, 2.24) is 19.9 Å². The molecule has 0 saturated heterocycles. The van der Waals surface area contributed by atoms with E-state index in [2.05, 4.69) is 19.9 Å². The number of anilines is 1. The molecule has 3 rings (SSSR count). The van der Waals surface area contributed by atoms with Gasteiger partial charge in [0.05, 0.1) is 11.2 Å². The van der Waals surface area contributed by atoms with Gasteiger partial charge in [0.2, 0.25) is 0 Å². The summed E-state index contributed by atoms with van der Waals surface area (Å²) in [5, 5.41) is 2.65. The molecule has 0 aliphatic rings. The van der Waals surface area contributed by atoms with E-state index >= 15 is 0 Å². The summed E-state index contributed by atoms with van der Waals surface area (Å²) in [5.74, 6) is 0.979. The lowest BCUT2D eigenvalue weighted by molar-refractivity contribution is 0.774. The SMILES string of the molecule is Nc1nc(CCCc2nc3ncccc3[nH]2)cs1. The van der Waals surface area contributed by atoms with E-state index in [0.29, 0.717) is 5.13 Å². The summed E-state index contributed by atoms with van der Waals surface area (Å²) in [7, 11) is 0. The van der Waals surface area contributed by atoms with Gasteiger partial charge in [-0.05, 0) is 25.0 Å². The number of nitrogens with zero attached hydrogens (tertiary/aromatic N) is 3. The number of nitrogen functional groups attached to an aromatic ring is 1. The maximum absolute atomic E-state index is 5.59. The number of fused-ring (bicyclic) bond motifs is 1. The summed E-state index contributed by atoms with van der Waals surface area (Å²) in [4.78, 5) is 16.2. The molecule has 0 fully saturated rings. The number of hydrogen-bond donors (Lipinski definition) is 2. The highest BCUT2D eigenvalue weighted by atomic mass is 32.1. The number of rotatable bonds is 4. The second kappa shape index (κ2) is 4.73.